The quantitative estimate of drug-likeness (QED) is 0.839. The van der Waals surface area contributed by atoms with E-state index < -0.39 is 0 Å². The average molecular weight is 336 g/mol. The number of aldehydes is 1. The lowest BCUT2D eigenvalue weighted by molar-refractivity contribution is -0.108. The molecular weight excluding hydrogens is 328 g/mol. The average Bonchev–Trinajstić information content (AvgIpc) is 2.50. The monoisotopic (exact) mass is 334 g/mol. The minimum atomic E-state index is -0.108. The number of carbonyl (C=O) groups is 2. The Hall–Kier alpha value is -0.620. The normalized spacial score (nSPS) is 19.6. The van der Waals surface area contributed by atoms with Crippen molar-refractivity contribution in [3.8, 4) is 0 Å². The van der Waals surface area contributed by atoms with Crippen molar-refractivity contribution in [2.45, 2.75) is 12.5 Å². The maximum atomic E-state index is 11.5. The van der Waals surface area contributed by atoms with Crippen molar-refractivity contribution in [2.24, 2.45) is 0 Å². The number of nitrogens with zero attached hydrogens (tertiary/aromatic N) is 1. The zero-order chi connectivity index (χ0) is 11.0. The van der Waals surface area contributed by atoms with Crippen LogP contribution >= 0.6 is 31.9 Å². The van der Waals surface area contributed by atoms with Crippen LogP contribution in [0.3, 0.4) is 0 Å². The van der Waals surface area contributed by atoms with E-state index in [2.05, 4.69) is 37.2 Å². The topological polar surface area (TPSA) is 51.1 Å². The molecular formula is C9H8Br2N2O2. The molecule has 0 saturated heterocycles. The van der Waals surface area contributed by atoms with Crippen molar-refractivity contribution in [3.63, 3.8) is 0 Å². The summed E-state index contributed by atoms with van der Waals surface area (Å²) >= 11 is 6.74. The van der Waals surface area contributed by atoms with Crippen LogP contribution < -0.4 is 5.32 Å². The third kappa shape index (κ3) is 1.76. The van der Waals surface area contributed by atoms with Crippen molar-refractivity contribution in [1.82, 2.24) is 9.88 Å². The number of fused-ring (bicyclic) bond motifs is 1. The van der Waals surface area contributed by atoms with Crippen LogP contribution in [0.2, 0.25) is 0 Å². The zero-order valence-electron chi connectivity index (χ0n) is 7.67. The minimum absolute atomic E-state index is 0.00382. The predicted molar refractivity (Wildman–Crippen MR) is 61.9 cm³/mol. The number of hydrogen-bond donors (Lipinski definition) is 1. The highest BCUT2D eigenvalue weighted by Crippen LogP contribution is 2.32. The Balaban J connectivity index is 2.51. The number of carbonyl (C=O) groups excluding carboxylic acids is 2. The van der Waals surface area contributed by atoms with Gasteiger partial charge in [-0.1, -0.05) is 0 Å². The number of hydrogen-bond acceptors (Lipinski definition) is 2. The lowest BCUT2D eigenvalue weighted by atomic mass is 10.1. The van der Waals surface area contributed by atoms with Gasteiger partial charge in [-0.15, -0.1) is 0 Å². The lowest BCUT2D eigenvalue weighted by Crippen LogP contribution is -2.38. The van der Waals surface area contributed by atoms with E-state index in [9.17, 15) is 9.59 Å². The summed E-state index contributed by atoms with van der Waals surface area (Å²) < 4.78 is 3.47. The molecule has 15 heavy (non-hydrogen) atoms. The van der Waals surface area contributed by atoms with Crippen molar-refractivity contribution < 1.29 is 9.59 Å². The Bertz CT molecular complexity index is 428. The Morgan fingerprint density at radius 2 is 2.33 bits per heavy atom. The first-order chi connectivity index (χ1) is 7.15. The Morgan fingerprint density at radius 3 is 3.00 bits per heavy atom. The van der Waals surface area contributed by atoms with Gasteiger partial charge in [0.25, 0.3) is 5.91 Å². The molecule has 1 aromatic rings. The largest absolute Gasteiger partial charge is 0.349 e. The molecule has 80 valence electrons. The number of nitrogens with one attached hydrogen (secondary N) is 1. The van der Waals surface area contributed by atoms with Crippen LogP contribution in [0.5, 0.6) is 0 Å². The summed E-state index contributed by atoms with van der Waals surface area (Å²) in [5, 5.41) is 2.75. The van der Waals surface area contributed by atoms with E-state index in [1.807, 2.05) is 4.57 Å². The molecule has 0 fully saturated rings. The van der Waals surface area contributed by atoms with E-state index in [-0.39, 0.29) is 11.9 Å². The molecule has 1 aromatic heterocycles. The van der Waals surface area contributed by atoms with Crippen LogP contribution in [0.25, 0.3) is 0 Å². The summed E-state index contributed by atoms with van der Waals surface area (Å²) in [6.45, 7) is 0.490. The van der Waals surface area contributed by atoms with E-state index in [1.54, 1.807) is 6.07 Å². The van der Waals surface area contributed by atoms with Gasteiger partial charge in [-0.05, 0) is 37.9 Å². The van der Waals surface area contributed by atoms with E-state index in [0.717, 1.165) is 15.4 Å². The van der Waals surface area contributed by atoms with Crippen LogP contribution in [0.1, 0.15) is 23.0 Å². The van der Waals surface area contributed by atoms with Crippen LogP contribution in [0, 0.1) is 0 Å². The van der Waals surface area contributed by atoms with Gasteiger partial charge in [-0.3, -0.25) is 4.79 Å². The minimum Gasteiger partial charge on any atom is -0.349 e. The molecule has 0 spiro atoms. The first kappa shape index (κ1) is 10.9. The fourth-order valence-corrected chi connectivity index (χ4v) is 2.70. The number of aromatic nitrogens is 1. The first-order valence-electron chi connectivity index (χ1n) is 4.43. The van der Waals surface area contributed by atoms with Gasteiger partial charge in [0.2, 0.25) is 0 Å². The highest BCUT2D eigenvalue weighted by Gasteiger charge is 2.27. The molecule has 2 rings (SSSR count). The lowest BCUT2D eigenvalue weighted by Gasteiger charge is -2.25. The van der Waals surface area contributed by atoms with Crippen LogP contribution in [0.4, 0.5) is 0 Å². The molecule has 6 heteroatoms. The highest BCUT2D eigenvalue weighted by atomic mass is 79.9. The number of rotatable bonds is 2. The van der Waals surface area contributed by atoms with Crippen LogP contribution in [0.15, 0.2) is 15.1 Å². The molecule has 0 aliphatic carbocycles. The van der Waals surface area contributed by atoms with Crippen LogP contribution in [-0.4, -0.2) is 23.3 Å². The van der Waals surface area contributed by atoms with Gasteiger partial charge < -0.3 is 14.7 Å². The second kappa shape index (κ2) is 4.09. The molecule has 1 aliphatic heterocycles. The number of halogens is 2. The van der Waals surface area contributed by atoms with Gasteiger partial charge in [0.1, 0.15) is 12.0 Å². The summed E-state index contributed by atoms with van der Waals surface area (Å²) in [5.74, 6) is -0.108. The van der Waals surface area contributed by atoms with Crippen molar-refractivity contribution >= 4 is 44.1 Å². The third-order valence-electron chi connectivity index (χ3n) is 2.40. The zero-order valence-corrected chi connectivity index (χ0v) is 10.8. The SMILES string of the molecule is O=CC[C@H]1CNC(=O)c2cc(Br)c(Br)n21. The van der Waals surface area contributed by atoms with Gasteiger partial charge in [-0.2, -0.15) is 0 Å². The molecule has 4 nitrogen and oxygen atoms in total. The molecule has 0 unspecified atom stereocenters. The molecule has 0 bridgehead atoms. The summed E-state index contributed by atoms with van der Waals surface area (Å²) in [5.41, 5.74) is 0.576. The van der Waals surface area contributed by atoms with Gasteiger partial charge >= 0.3 is 0 Å². The summed E-state index contributed by atoms with van der Waals surface area (Å²) in [6.07, 6.45) is 1.26. The summed E-state index contributed by atoms with van der Waals surface area (Å²) in [6, 6.07) is 1.74. The van der Waals surface area contributed by atoms with Gasteiger partial charge in [0.05, 0.1) is 15.1 Å². The first-order valence-corrected chi connectivity index (χ1v) is 6.01. The van der Waals surface area contributed by atoms with Crippen molar-refractivity contribution in [1.29, 1.82) is 0 Å². The Kier molecular flexibility index (Phi) is 2.97. The summed E-state index contributed by atoms with van der Waals surface area (Å²) in [4.78, 5) is 22.1. The molecule has 1 N–H and O–H groups in total. The maximum absolute atomic E-state index is 11.5. The molecule has 0 aromatic carbocycles. The second-order valence-electron chi connectivity index (χ2n) is 3.30. The van der Waals surface area contributed by atoms with Gasteiger partial charge in [0, 0.05) is 13.0 Å². The smallest absolute Gasteiger partial charge is 0.268 e. The van der Waals surface area contributed by atoms with E-state index >= 15 is 0 Å². The molecule has 0 saturated carbocycles. The van der Waals surface area contributed by atoms with E-state index in [4.69, 9.17) is 0 Å². The molecule has 0 radical (unpaired) electrons. The van der Waals surface area contributed by atoms with Gasteiger partial charge in [-0.25, -0.2) is 0 Å². The molecule has 1 amide bonds. The third-order valence-corrected chi connectivity index (χ3v) is 4.34. The maximum Gasteiger partial charge on any atom is 0.268 e. The van der Waals surface area contributed by atoms with Gasteiger partial charge in [0.15, 0.2) is 0 Å². The fraction of sp³-hybridized carbons (Fsp3) is 0.333. The molecule has 2 heterocycles. The van der Waals surface area contributed by atoms with Crippen molar-refractivity contribution in [2.75, 3.05) is 6.54 Å². The standard InChI is InChI=1S/C9H8Br2N2O2/c10-6-3-7-9(15)12-4-5(1-2-14)13(7)8(6)11/h2-3,5H,1,4H2,(H,12,15)/t5-/m0/s1. The predicted octanol–water partition coefficient (Wildman–Crippen LogP) is 1.89. The van der Waals surface area contributed by atoms with Crippen molar-refractivity contribution in [3.05, 3.63) is 20.8 Å². The summed E-state index contributed by atoms with van der Waals surface area (Å²) in [7, 11) is 0. The fourth-order valence-electron chi connectivity index (χ4n) is 1.69. The van der Waals surface area contributed by atoms with E-state index in [0.29, 0.717) is 18.7 Å². The number of amides is 1. The second-order valence-corrected chi connectivity index (χ2v) is 4.91. The Labute approximate surface area is 103 Å². The molecule has 1 atom stereocenters. The highest BCUT2D eigenvalue weighted by molar-refractivity contribution is 9.13. The van der Waals surface area contributed by atoms with Crippen LogP contribution in [-0.2, 0) is 4.79 Å². The Morgan fingerprint density at radius 1 is 1.60 bits per heavy atom. The van der Waals surface area contributed by atoms with E-state index in [1.165, 1.54) is 0 Å². The molecule has 1 aliphatic rings.